The number of halogens is 1. The molecule has 1 saturated heterocycles. The Bertz CT molecular complexity index is 1290. The van der Waals surface area contributed by atoms with Crippen molar-refractivity contribution >= 4 is 32.5 Å². The number of para-hydroxylation sites is 1. The highest BCUT2D eigenvalue weighted by atomic mass is 32.2. The first-order valence-electron chi connectivity index (χ1n) is 9.48. The number of aromatic nitrogens is 1. The molecule has 2 aromatic carbocycles. The van der Waals surface area contributed by atoms with Gasteiger partial charge in [0, 0.05) is 37.4 Å². The Morgan fingerprint density at radius 2 is 1.73 bits per heavy atom. The Balaban J connectivity index is 1.60. The van der Waals surface area contributed by atoms with Crippen molar-refractivity contribution < 1.29 is 17.6 Å². The number of nitrogens with zero attached hydrogens (tertiary/aromatic N) is 2. The molecule has 1 N–H and O–H groups in total. The second-order valence-electron chi connectivity index (χ2n) is 7.21. The molecule has 3 aromatic rings. The lowest BCUT2D eigenvalue weighted by Gasteiger charge is -2.15. The second-order valence-corrected chi connectivity index (χ2v) is 9.15. The fourth-order valence-electron chi connectivity index (χ4n) is 3.67. The van der Waals surface area contributed by atoms with Crippen molar-refractivity contribution in [1.82, 2.24) is 8.87 Å². The first-order chi connectivity index (χ1) is 14.3. The average Bonchev–Trinajstić information content (AvgIpc) is 3.27. The lowest BCUT2D eigenvalue weighted by Crippen LogP contribution is -2.27. The van der Waals surface area contributed by atoms with Crippen LogP contribution in [0.15, 0.2) is 58.4 Å². The minimum absolute atomic E-state index is 0.109. The molecule has 9 heteroatoms. The van der Waals surface area contributed by atoms with Crippen LogP contribution in [0.4, 0.5) is 10.1 Å². The number of pyridine rings is 1. The van der Waals surface area contributed by atoms with Gasteiger partial charge >= 0.3 is 0 Å². The van der Waals surface area contributed by atoms with E-state index in [9.17, 15) is 22.4 Å². The summed E-state index contributed by atoms with van der Waals surface area (Å²) in [7, 11) is -1.99. The summed E-state index contributed by atoms with van der Waals surface area (Å²) in [6, 6.07) is 9.95. The Morgan fingerprint density at radius 3 is 2.40 bits per heavy atom. The van der Waals surface area contributed by atoms with Crippen LogP contribution in [0.3, 0.4) is 0 Å². The molecule has 2 heterocycles. The molecule has 0 unspecified atom stereocenters. The van der Waals surface area contributed by atoms with Crippen LogP contribution in [0.2, 0.25) is 0 Å². The highest BCUT2D eigenvalue weighted by Gasteiger charge is 2.27. The predicted octanol–water partition coefficient (Wildman–Crippen LogP) is 2.71. The first-order valence-corrected chi connectivity index (χ1v) is 10.9. The second kappa shape index (κ2) is 7.66. The molecule has 0 aliphatic carbocycles. The molecule has 1 aliphatic rings. The molecule has 30 heavy (non-hydrogen) atoms. The molecule has 0 atom stereocenters. The van der Waals surface area contributed by atoms with Crippen LogP contribution < -0.4 is 10.7 Å². The highest BCUT2D eigenvalue weighted by Crippen LogP contribution is 2.22. The van der Waals surface area contributed by atoms with Crippen molar-refractivity contribution in [2.24, 2.45) is 7.05 Å². The van der Waals surface area contributed by atoms with E-state index in [-0.39, 0.29) is 21.4 Å². The van der Waals surface area contributed by atoms with Gasteiger partial charge in [0.25, 0.3) is 5.91 Å². The summed E-state index contributed by atoms with van der Waals surface area (Å²) in [6.45, 7) is 1.01. The van der Waals surface area contributed by atoms with Crippen molar-refractivity contribution in [3.8, 4) is 0 Å². The number of aryl methyl sites for hydroxylation is 1. The quantitative estimate of drug-likeness (QED) is 0.691. The van der Waals surface area contributed by atoms with E-state index < -0.39 is 27.2 Å². The molecule has 156 valence electrons. The van der Waals surface area contributed by atoms with Crippen LogP contribution >= 0.6 is 0 Å². The van der Waals surface area contributed by atoms with Crippen LogP contribution in [-0.4, -0.2) is 36.3 Å². The van der Waals surface area contributed by atoms with Gasteiger partial charge in [-0.2, -0.15) is 4.31 Å². The van der Waals surface area contributed by atoms with Gasteiger partial charge in [-0.1, -0.05) is 6.07 Å². The number of hydrogen-bond acceptors (Lipinski definition) is 4. The van der Waals surface area contributed by atoms with E-state index in [2.05, 4.69) is 5.32 Å². The predicted molar refractivity (Wildman–Crippen MR) is 112 cm³/mol. The number of hydrogen-bond donors (Lipinski definition) is 1. The summed E-state index contributed by atoms with van der Waals surface area (Å²) in [4.78, 5) is 25.5. The number of carbonyl (C=O) groups is 1. The molecule has 0 saturated carbocycles. The van der Waals surface area contributed by atoms with Gasteiger partial charge in [-0.15, -0.1) is 0 Å². The van der Waals surface area contributed by atoms with E-state index in [1.165, 1.54) is 57.5 Å². The lowest BCUT2D eigenvalue weighted by atomic mass is 10.1. The van der Waals surface area contributed by atoms with E-state index in [1.54, 1.807) is 7.05 Å². The van der Waals surface area contributed by atoms with Gasteiger partial charge in [0.1, 0.15) is 11.4 Å². The van der Waals surface area contributed by atoms with E-state index in [4.69, 9.17) is 0 Å². The van der Waals surface area contributed by atoms with Gasteiger partial charge in [-0.05, 0) is 49.2 Å². The Hall–Kier alpha value is -3.04. The van der Waals surface area contributed by atoms with Crippen LogP contribution in [0.1, 0.15) is 23.2 Å². The van der Waals surface area contributed by atoms with Crippen molar-refractivity contribution in [2.75, 3.05) is 18.4 Å². The maximum atomic E-state index is 14.0. The largest absolute Gasteiger partial charge is 0.347 e. The van der Waals surface area contributed by atoms with Gasteiger partial charge in [-0.3, -0.25) is 9.59 Å². The number of fused-ring (bicyclic) bond motifs is 1. The molecule has 1 aliphatic heterocycles. The maximum Gasteiger partial charge on any atom is 0.261 e. The van der Waals surface area contributed by atoms with E-state index >= 15 is 0 Å². The molecule has 7 nitrogen and oxygen atoms in total. The van der Waals surface area contributed by atoms with Gasteiger partial charge in [0.2, 0.25) is 15.5 Å². The summed E-state index contributed by atoms with van der Waals surface area (Å²) in [5.41, 5.74) is -0.241. The minimum atomic E-state index is -3.55. The van der Waals surface area contributed by atoms with Crippen molar-refractivity contribution in [3.63, 3.8) is 0 Å². The summed E-state index contributed by atoms with van der Waals surface area (Å²) >= 11 is 0. The van der Waals surface area contributed by atoms with Gasteiger partial charge < -0.3 is 9.88 Å². The van der Waals surface area contributed by atoms with Crippen LogP contribution in [-0.2, 0) is 17.1 Å². The van der Waals surface area contributed by atoms with Gasteiger partial charge in [-0.25, -0.2) is 12.8 Å². The van der Waals surface area contributed by atoms with Crippen molar-refractivity contribution in [3.05, 3.63) is 70.3 Å². The minimum Gasteiger partial charge on any atom is -0.347 e. The number of sulfonamides is 1. The monoisotopic (exact) mass is 429 g/mol. The number of anilines is 1. The third-order valence-corrected chi connectivity index (χ3v) is 7.12. The topological polar surface area (TPSA) is 88.5 Å². The first kappa shape index (κ1) is 20.2. The maximum absolute atomic E-state index is 14.0. The summed E-state index contributed by atoms with van der Waals surface area (Å²) in [5, 5.41) is 2.71. The zero-order chi connectivity index (χ0) is 21.5. The number of amides is 1. The third-order valence-electron chi connectivity index (χ3n) is 5.21. The zero-order valence-electron chi connectivity index (χ0n) is 16.3. The Labute approximate surface area is 172 Å². The Kier molecular flexibility index (Phi) is 5.17. The standard InChI is InChI=1S/C21H20FN3O4S/c1-24-13-17(20(26)16-5-4-6-18(22)19(16)24)21(27)23-14-7-9-15(10-8-14)30(28,29)25-11-2-3-12-25/h4-10,13H,2-3,11-12H2,1H3,(H,23,27). The molecule has 0 bridgehead atoms. The highest BCUT2D eigenvalue weighted by molar-refractivity contribution is 7.89. The molecular weight excluding hydrogens is 409 g/mol. The van der Waals surface area contributed by atoms with Crippen LogP contribution in [0.25, 0.3) is 10.9 Å². The SMILES string of the molecule is Cn1cc(C(=O)Nc2ccc(S(=O)(=O)N3CCCC3)cc2)c(=O)c2cccc(F)c21. The molecular formula is C21H20FN3O4S. The number of carbonyl (C=O) groups excluding carboxylic acids is 1. The summed E-state index contributed by atoms with van der Waals surface area (Å²) < 4.78 is 42.1. The summed E-state index contributed by atoms with van der Waals surface area (Å²) in [6.07, 6.45) is 2.98. The number of rotatable bonds is 4. The third kappa shape index (κ3) is 3.50. The van der Waals surface area contributed by atoms with Crippen molar-refractivity contribution in [1.29, 1.82) is 0 Å². The van der Waals surface area contributed by atoms with Gasteiger partial charge in [0.05, 0.1) is 10.4 Å². The van der Waals surface area contributed by atoms with Crippen LogP contribution in [0, 0.1) is 5.82 Å². The fourth-order valence-corrected chi connectivity index (χ4v) is 5.18. The summed E-state index contributed by atoms with van der Waals surface area (Å²) in [5.74, 6) is -1.20. The molecule has 4 rings (SSSR count). The number of benzene rings is 2. The normalized spacial score (nSPS) is 14.9. The van der Waals surface area contributed by atoms with Crippen LogP contribution in [0.5, 0.6) is 0 Å². The molecule has 1 fully saturated rings. The van der Waals surface area contributed by atoms with E-state index in [1.807, 2.05) is 0 Å². The van der Waals surface area contributed by atoms with Gasteiger partial charge in [0.15, 0.2) is 0 Å². The molecule has 1 aromatic heterocycles. The number of nitrogens with one attached hydrogen (secondary N) is 1. The van der Waals surface area contributed by atoms with E-state index in [0.717, 1.165) is 12.8 Å². The zero-order valence-corrected chi connectivity index (χ0v) is 17.1. The fraction of sp³-hybridized carbons (Fsp3) is 0.238. The van der Waals surface area contributed by atoms with E-state index in [0.29, 0.717) is 18.8 Å². The molecule has 0 spiro atoms. The molecule has 0 radical (unpaired) electrons. The molecule has 1 amide bonds. The Morgan fingerprint density at radius 1 is 1.07 bits per heavy atom. The average molecular weight is 429 g/mol. The smallest absolute Gasteiger partial charge is 0.261 e. The lowest BCUT2D eigenvalue weighted by molar-refractivity contribution is 0.102. The van der Waals surface area contributed by atoms with Crippen molar-refractivity contribution in [2.45, 2.75) is 17.7 Å².